The molecule has 0 aliphatic heterocycles. The fourth-order valence-electron chi connectivity index (χ4n) is 1.81. The largest absolute Gasteiger partial charge is 0.383 e. The minimum Gasteiger partial charge on any atom is -0.383 e. The second-order valence-electron chi connectivity index (χ2n) is 4.54. The van der Waals surface area contributed by atoms with Crippen molar-refractivity contribution in [3.8, 4) is 17.3 Å². The Balaban J connectivity index is 2.38. The lowest BCUT2D eigenvalue weighted by atomic mass is 10.1. The number of anilines is 1. The van der Waals surface area contributed by atoms with Crippen LogP contribution in [-0.4, -0.2) is 15.0 Å². The van der Waals surface area contributed by atoms with E-state index >= 15 is 0 Å². The van der Waals surface area contributed by atoms with E-state index in [1.54, 1.807) is 18.8 Å². The number of benzene rings is 1. The number of rotatable bonds is 3. The topological polar surface area (TPSA) is 67.6 Å². The molecule has 1 aromatic heterocycles. The highest BCUT2D eigenvalue weighted by atomic mass is 32.2. The maximum atomic E-state index is 9.16. The van der Waals surface area contributed by atoms with E-state index in [-0.39, 0.29) is 0 Å². The van der Waals surface area contributed by atoms with Gasteiger partial charge in [0.25, 0.3) is 0 Å². The summed E-state index contributed by atoms with van der Waals surface area (Å²) >= 11 is 1.81. The van der Waals surface area contributed by atoms with Gasteiger partial charge in [0.15, 0.2) is 0 Å². The summed E-state index contributed by atoms with van der Waals surface area (Å²) in [4.78, 5) is 1.21. The van der Waals surface area contributed by atoms with E-state index < -0.39 is 0 Å². The van der Waals surface area contributed by atoms with Crippen molar-refractivity contribution in [3.05, 3.63) is 29.8 Å². The van der Waals surface area contributed by atoms with Crippen LogP contribution < -0.4 is 5.73 Å². The van der Waals surface area contributed by atoms with Crippen LogP contribution in [0.25, 0.3) is 11.3 Å². The fourth-order valence-corrected chi connectivity index (χ4v) is 2.65. The Morgan fingerprint density at radius 3 is 2.47 bits per heavy atom. The van der Waals surface area contributed by atoms with Crippen molar-refractivity contribution in [1.82, 2.24) is 9.78 Å². The Kier molecular flexibility index (Phi) is 3.82. The fraction of sp³-hybridized carbons (Fsp3) is 0.286. The van der Waals surface area contributed by atoms with Crippen LogP contribution in [0.5, 0.6) is 0 Å². The Morgan fingerprint density at radius 2 is 1.95 bits per heavy atom. The molecule has 2 N–H and O–H groups in total. The van der Waals surface area contributed by atoms with Crippen molar-refractivity contribution >= 4 is 17.6 Å². The quantitative estimate of drug-likeness (QED) is 0.872. The van der Waals surface area contributed by atoms with Crippen LogP contribution in [0.2, 0.25) is 0 Å². The van der Waals surface area contributed by atoms with E-state index in [0.29, 0.717) is 22.3 Å². The highest BCUT2D eigenvalue weighted by molar-refractivity contribution is 7.99. The van der Waals surface area contributed by atoms with Crippen molar-refractivity contribution in [2.45, 2.75) is 24.0 Å². The zero-order chi connectivity index (χ0) is 14.0. The van der Waals surface area contributed by atoms with Crippen LogP contribution in [0.1, 0.15) is 19.4 Å². The molecule has 19 heavy (non-hydrogen) atoms. The average molecular weight is 272 g/mol. The zero-order valence-electron chi connectivity index (χ0n) is 11.2. The van der Waals surface area contributed by atoms with E-state index in [1.807, 2.05) is 24.3 Å². The van der Waals surface area contributed by atoms with Crippen LogP contribution >= 0.6 is 11.8 Å². The minimum absolute atomic E-state index is 0.401. The summed E-state index contributed by atoms with van der Waals surface area (Å²) in [6.07, 6.45) is 0. The smallest absolute Gasteiger partial charge is 0.140 e. The monoisotopic (exact) mass is 272 g/mol. The molecule has 0 amide bonds. The predicted octanol–water partition coefficient (Wildman–Crippen LogP) is 3.04. The lowest BCUT2D eigenvalue weighted by Gasteiger charge is -2.05. The normalized spacial score (nSPS) is 10.7. The predicted molar refractivity (Wildman–Crippen MR) is 78.8 cm³/mol. The molecule has 0 unspecified atom stereocenters. The molecule has 98 valence electrons. The molecule has 0 saturated heterocycles. The number of nitrogens with two attached hydrogens (primary N) is 1. The van der Waals surface area contributed by atoms with Gasteiger partial charge in [-0.05, 0) is 12.1 Å². The van der Waals surface area contributed by atoms with Crippen LogP contribution in [0.15, 0.2) is 29.2 Å². The van der Waals surface area contributed by atoms with Gasteiger partial charge in [-0.25, -0.2) is 0 Å². The molecule has 0 atom stereocenters. The van der Waals surface area contributed by atoms with Gasteiger partial charge in [0.2, 0.25) is 0 Å². The van der Waals surface area contributed by atoms with Gasteiger partial charge in [0, 0.05) is 22.8 Å². The molecule has 2 aromatic rings. The molecule has 5 heteroatoms. The molecule has 2 rings (SSSR count). The van der Waals surface area contributed by atoms with Gasteiger partial charge in [0.1, 0.15) is 23.1 Å². The molecule has 0 aliphatic rings. The number of nitrogen functional groups attached to an aromatic ring is 1. The summed E-state index contributed by atoms with van der Waals surface area (Å²) in [5.41, 5.74) is 7.81. The first-order valence-corrected chi connectivity index (χ1v) is 6.90. The second kappa shape index (κ2) is 5.37. The van der Waals surface area contributed by atoms with Crippen molar-refractivity contribution in [2.75, 3.05) is 5.73 Å². The Bertz CT molecular complexity index is 620. The first-order chi connectivity index (χ1) is 9.02. The van der Waals surface area contributed by atoms with E-state index in [0.717, 1.165) is 5.56 Å². The third-order valence-electron chi connectivity index (χ3n) is 2.70. The molecular formula is C14H16N4S. The number of hydrogen-bond acceptors (Lipinski definition) is 4. The molecule has 1 aromatic carbocycles. The van der Waals surface area contributed by atoms with Gasteiger partial charge < -0.3 is 5.73 Å². The lowest BCUT2D eigenvalue weighted by Crippen LogP contribution is -1.97. The summed E-state index contributed by atoms with van der Waals surface area (Å²) in [5.74, 6) is 0.401. The molecule has 0 bridgehead atoms. The number of hydrogen-bond donors (Lipinski definition) is 1. The molecule has 0 fully saturated rings. The van der Waals surface area contributed by atoms with Gasteiger partial charge >= 0.3 is 0 Å². The number of aromatic nitrogens is 2. The summed E-state index contributed by atoms with van der Waals surface area (Å²) in [5, 5.41) is 14.0. The van der Waals surface area contributed by atoms with Gasteiger partial charge in [-0.15, -0.1) is 11.8 Å². The standard InChI is InChI=1S/C14H16N4S/c1-9(2)19-11-6-4-10(5-7-11)13-12(8-15)14(16)18(3)17-13/h4-7,9H,16H2,1-3H3. The highest BCUT2D eigenvalue weighted by Gasteiger charge is 2.15. The van der Waals surface area contributed by atoms with Gasteiger partial charge in [-0.3, -0.25) is 4.68 Å². The van der Waals surface area contributed by atoms with Gasteiger partial charge in [0.05, 0.1) is 0 Å². The van der Waals surface area contributed by atoms with E-state index in [2.05, 4.69) is 25.0 Å². The summed E-state index contributed by atoms with van der Waals surface area (Å²) in [7, 11) is 1.74. The highest BCUT2D eigenvalue weighted by Crippen LogP contribution is 2.29. The number of nitriles is 1. The second-order valence-corrected chi connectivity index (χ2v) is 6.19. The maximum Gasteiger partial charge on any atom is 0.140 e. The number of nitrogens with zero attached hydrogens (tertiary/aromatic N) is 3. The van der Waals surface area contributed by atoms with Crippen molar-refractivity contribution in [1.29, 1.82) is 5.26 Å². The van der Waals surface area contributed by atoms with Crippen molar-refractivity contribution < 1.29 is 0 Å². The van der Waals surface area contributed by atoms with Crippen molar-refractivity contribution in [2.24, 2.45) is 7.05 Å². The van der Waals surface area contributed by atoms with Crippen LogP contribution in [0, 0.1) is 11.3 Å². The zero-order valence-corrected chi connectivity index (χ0v) is 12.0. The van der Waals surface area contributed by atoms with Crippen molar-refractivity contribution in [3.63, 3.8) is 0 Å². The molecule has 0 spiro atoms. The first kappa shape index (κ1) is 13.5. The number of thioether (sulfide) groups is 1. The molecular weight excluding hydrogens is 256 g/mol. The minimum atomic E-state index is 0.401. The van der Waals surface area contributed by atoms with Crippen LogP contribution in [0.4, 0.5) is 5.82 Å². The first-order valence-electron chi connectivity index (χ1n) is 6.02. The third-order valence-corrected chi connectivity index (χ3v) is 3.72. The SMILES string of the molecule is CC(C)Sc1ccc(-c2nn(C)c(N)c2C#N)cc1. The molecule has 0 radical (unpaired) electrons. The Labute approximate surface area is 117 Å². The summed E-state index contributed by atoms with van der Waals surface area (Å²) in [6, 6.07) is 10.2. The van der Waals surface area contributed by atoms with Gasteiger partial charge in [-0.1, -0.05) is 26.0 Å². The average Bonchev–Trinajstić information content (AvgIpc) is 2.65. The summed E-state index contributed by atoms with van der Waals surface area (Å²) < 4.78 is 1.53. The maximum absolute atomic E-state index is 9.16. The molecule has 0 saturated carbocycles. The van der Waals surface area contributed by atoms with E-state index in [1.165, 1.54) is 9.58 Å². The molecule has 4 nitrogen and oxygen atoms in total. The van der Waals surface area contributed by atoms with Crippen LogP contribution in [0.3, 0.4) is 0 Å². The molecule has 0 aliphatic carbocycles. The van der Waals surface area contributed by atoms with Crippen LogP contribution in [-0.2, 0) is 7.05 Å². The van der Waals surface area contributed by atoms with E-state index in [9.17, 15) is 0 Å². The number of aryl methyl sites for hydroxylation is 1. The lowest BCUT2D eigenvalue weighted by molar-refractivity contribution is 0.782. The summed E-state index contributed by atoms with van der Waals surface area (Å²) in [6.45, 7) is 4.32. The Hall–Kier alpha value is -1.93. The third kappa shape index (κ3) is 2.74. The van der Waals surface area contributed by atoms with E-state index in [4.69, 9.17) is 11.0 Å². The Morgan fingerprint density at radius 1 is 1.32 bits per heavy atom. The molecule has 1 heterocycles. The van der Waals surface area contributed by atoms with Gasteiger partial charge in [-0.2, -0.15) is 10.4 Å².